The monoisotopic (exact) mass is 607 g/mol. The Morgan fingerprint density at radius 3 is 1.85 bits per heavy atom. The molecular formula is C41H25N3OS. The molecule has 0 atom stereocenters. The van der Waals surface area contributed by atoms with E-state index in [4.69, 9.17) is 14.4 Å². The van der Waals surface area contributed by atoms with Crippen molar-refractivity contribution in [2.24, 2.45) is 0 Å². The Hall–Kier alpha value is -5.91. The number of thiophene rings is 1. The third kappa shape index (κ3) is 4.74. The van der Waals surface area contributed by atoms with Crippen molar-refractivity contribution >= 4 is 42.6 Å². The zero-order chi connectivity index (χ0) is 30.5. The van der Waals surface area contributed by atoms with Gasteiger partial charge < -0.3 is 4.42 Å². The van der Waals surface area contributed by atoms with Crippen LogP contribution in [0, 0.1) is 0 Å². The van der Waals surface area contributed by atoms with Crippen LogP contribution in [-0.2, 0) is 0 Å². The minimum absolute atomic E-state index is 0.603. The Morgan fingerprint density at radius 1 is 0.413 bits per heavy atom. The number of hydrogen-bond donors (Lipinski definition) is 0. The second-order valence-electron chi connectivity index (χ2n) is 11.3. The molecule has 0 aliphatic rings. The van der Waals surface area contributed by atoms with Gasteiger partial charge in [-0.05, 0) is 59.7 Å². The SMILES string of the molecule is c1ccc(-c2ccc(-c3nc(-c4ccc(-c5nc6ccccc6o5)cc4)cc(-c4ccc5sc6ccccc6c5c4)n3)cc2)cc1. The molecule has 0 amide bonds. The molecule has 0 fully saturated rings. The van der Waals surface area contributed by atoms with E-state index in [0.717, 1.165) is 50.3 Å². The number of rotatable bonds is 5. The lowest BCUT2D eigenvalue weighted by molar-refractivity contribution is 0.620. The Morgan fingerprint density at radius 2 is 1.02 bits per heavy atom. The predicted octanol–water partition coefficient (Wildman–Crippen LogP) is 11.3. The number of hydrogen-bond acceptors (Lipinski definition) is 5. The summed E-state index contributed by atoms with van der Waals surface area (Å²) in [6.07, 6.45) is 0. The van der Waals surface area contributed by atoms with Crippen molar-refractivity contribution in [3.8, 4) is 56.5 Å². The van der Waals surface area contributed by atoms with E-state index in [1.54, 1.807) is 0 Å². The highest BCUT2D eigenvalue weighted by atomic mass is 32.1. The van der Waals surface area contributed by atoms with Crippen LogP contribution in [0.1, 0.15) is 0 Å². The highest BCUT2D eigenvalue weighted by molar-refractivity contribution is 7.25. The maximum Gasteiger partial charge on any atom is 0.227 e. The maximum atomic E-state index is 6.02. The molecule has 4 nitrogen and oxygen atoms in total. The lowest BCUT2D eigenvalue weighted by Gasteiger charge is -2.11. The van der Waals surface area contributed by atoms with Crippen LogP contribution in [-0.4, -0.2) is 15.0 Å². The van der Waals surface area contributed by atoms with Crippen LogP contribution >= 0.6 is 11.3 Å². The van der Waals surface area contributed by atoms with Crippen LogP contribution in [0.3, 0.4) is 0 Å². The first-order valence-corrected chi connectivity index (χ1v) is 16.0. The number of oxazole rings is 1. The maximum absolute atomic E-state index is 6.02. The first kappa shape index (κ1) is 26.5. The van der Waals surface area contributed by atoms with Gasteiger partial charge in [-0.25, -0.2) is 15.0 Å². The zero-order valence-corrected chi connectivity index (χ0v) is 25.4. The molecule has 3 aromatic heterocycles. The average Bonchev–Trinajstić information content (AvgIpc) is 3.74. The van der Waals surface area contributed by atoms with Gasteiger partial charge in [-0.15, -0.1) is 11.3 Å². The van der Waals surface area contributed by atoms with Gasteiger partial charge in [-0.1, -0.05) is 103 Å². The van der Waals surface area contributed by atoms with E-state index in [-0.39, 0.29) is 0 Å². The van der Waals surface area contributed by atoms with Crippen LogP contribution in [0.25, 0.3) is 87.8 Å². The highest BCUT2D eigenvalue weighted by Crippen LogP contribution is 2.37. The lowest BCUT2D eigenvalue weighted by atomic mass is 10.0. The summed E-state index contributed by atoms with van der Waals surface area (Å²) in [5, 5.41) is 2.51. The van der Waals surface area contributed by atoms with Gasteiger partial charge in [0.1, 0.15) is 5.52 Å². The van der Waals surface area contributed by atoms with Crippen LogP contribution in [0.4, 0.5) is 0 Å². The molecule has 216 valence electrons. The molecule has 0 unspecified atom stereocenters. The van der Waals surface area contributed by atoms with Crippen LogP contribution < -0.4 is 0 Å². The van der Waals surface area contributed by atoms with Gasteiger partial charge in [0.15, 0.2) is 11.4 Å². The number of fused-ring (bicyclic) bond motifs is 4. The standard InChI is InChI=1S/C41H25N3OS/c1-2-8-26(9-3-1)27-14-18-29(19-15-27)40-42-35(28-16-20-30(21-17-28)41-44-34-11-5-6-12-37(34)45-41)25-36(43-40)31-22-23-39-33(24-31)32-10-4-7-13-38(32)46-39/h1-25H. The van der Waals surface area contributed by atoms with E-state index in [0.29, 0.717) is 11.7 Å². The predicted molar refractivity (Wildman–Crippen MR) is 190 cm³/mol. The van der Waals surface area contributed by atoms with Gasteiger partial charge in [0, 0.05) is 42.4 Å². The first-order chi connectivity index (χ1) is 22.7. The van der Waals surface area contributed by atoms with Gasteiger partial charge in [0.05, 0.1) is 11.4 Å². The third-order valence-corrected chi connectivity index (χ3v) is 9.52. The van der Waals surface area contributed by atoms with Gasteiger partial charge in [-0.2, -0.15) is 0 Å². The molecule has 0 radical (unpaired) electrons. The fourth-order valence-corrected chi connectivity index (χ4v) is 7.07. The molecule has 0 aliphatic heterocycles. The molecule has 0 N–H and O–H groups in total. The number of para-hydroxylation sites is 2. The molecule has 5 heteroatoms. The number of aromatic nitrogens is 3. The van der Waals surface area contributed by atoms with Crippen molar-refractivity contribution < 1.29 is 4.42 Å². The van der Waals surface area contributed by atoms with E-state index < -0.39 is 0 Å². The Balaban J connectivity index is 1.15. The highest BCUT2D eigenvalue weighted by Gasteiger charge is 2.14. The summed E-state index contributed by atoms with van der Waals surface area (Å²) in [6.45, 7) is 0. The van der Waals surface area contributed by atoms with Crippen molar-refractivity contribution in [3.05, 3.63) is 152 Å². The molecule has 46 heavy (non-hydrogen) atoms. The van der Waals surface area contributed by atoms with Crippen molar-refractivity contribution in [2.45, 2.75) is 0 Å². The minimum atomic E-state index is 0.603. The largest absolute Gasteiger partial charge is 0.436 e. The topological polar surface area (TPSA) is 51.8 Å². The fourth-order valence-electron chi connectivity index (χ4n) is 5.98. The van der Waals surface area contributed by atoms with Crippen molar-refractivity contribution in [2.75, 3.05) is 0 Å². The second-order valence-corrected chi connectivity index (χ2v) is 12.4. The minimum Gasteiger partial charge on any atom is -0.436 e. The quantitative estimate of drug-likeness (QED) is 0.195. The van der Waals surface area contributed by atoms with Crippen LogP contribution in [0.5, 0.6) is 0 Å². The summed E-state index contributed by atoms with van der Waals surface area (Å²) >= 11 is 1.82. The summed E-state index contributed by atoms with van der Waals surface area (Å²) in [4.78, 5) is 14.9. The molecule has 6 aromatic carbocycles. The molecular weight excluding hydrogens is 583 g/mol. The van der Waals surface area contributed by atoms with Crippen molar-refractivity contribution in [1.82, 2.24) is 15.0 Å². The molecule has 9 rings (SSSR count). The van der Waals surface area contributed by atoms with Gasteiger partial charge in [-0.3, -0.25) is 0 Å². The Labute approximate surface area is 269 Å². The molecule has 9 aromatic rings. The summed E-state index contributed by atoms with van der Waals surface area (Å²) in [7, 11) is 0. The second kappa shape index (κ2) is 10.9. The van der Waals surface area contributed by atoms with E-state index >= 15 is 0 Å². The van der Waals surface area contributed by atoms with E-state index in [2.05, 4.69) is 114 Å². The molecule has 0 spiro atoms. The summed E-state index contributed by atoms with van der Waals surface area (Å²) in [5.74, 6) is 1.29. The smallest absolute Gasteiger partial charge is 0.227 e. The van der Waals surface area contributed by atoms with Crippen LogP contribution in [0.2, 0.25) is 0 Å². The average molecular weight is 608 g/mol. The molecule has 0 aliphatic carbocycles. The number of nitrogens with zero attached hydrogens (tertiary/aromatic N) is 3. The summed E-state index contributed by atoms with van der Waals surface area (Å²) < 4.78 is 8.58. The molecule has 0 bridgehead atoms. The molecule has 0 saturated heterocycles. The fraction of sp³-hybridized carbons (Fsp3) is 0. The zero-order valence-electron chi connectivity index (χ0n) is 24.6. The van der Waals surface area contributed by atoms with Gasteiger partial charge in [0.2, 0.25) is 5.89 Å². The van der Waals surface area contributed by atoms with E-state index in [9.17, 15) is 0 Å². The lowest BCUT2D eigenvalue weighted by Crippen LogP contribution is -1.96. The molecule has 0 saturated carbocycles. The van der Waals surface area contributed by atoms with Gasteiger partial charge in [0.25, 0.3) is 0 Å². The number of benzene rings is 6. The normalized spacial score (nSPS) is 11.5. The molecule has 3 heterocycles. The Bertz CT molecular complexity index is 2480. The van der Waals surface area contributed by atoms with Crippen molar-refractivity contribution in [3.63, 3.8) is 0 Å². The summed E-state index contributed by atoms with van der Waals surface area (Å²) in [5.41, 5.74) is 9.64. The first-order valence-electron chi connectivity index (χ1n) is 15.2. The van der Waals surface area contributed by atoms with Crippen molar-refractivity contribution in [1.29, 1.82) is 0 Å². The van der Waals surface area contributed by atoms with Crippen LogP contribution in [0.15, 0.2) is 156 Å². The Kier molecular flexibility index (Phi) is 6.28. The van der Waals surface area contributed by atoms with E-state index in [1.165, 1.54) is 25.7 Å². The third-order valence-electron chi connectivity index (χ3n) is 8.37. The van der Waals surface area contributed by atoms with Gasteiger partial charge >= 0.3 is 0 Å². The van der Waals surface area contributed by atoms with E-state index in [1.807, 2.05) is 53.8 Å². The summed E-state index contributed by atoms with van der Waals surface area (Å²) in [6, 6.07) is 52.3.